The van der Waals surface area contributed by atoms with Crippen LogP contribution in [0.15, 0.2) is 42.5 Å². The highest BCUT2D eigenvalue weighted by molar-refractivity contribution is 6.04. The highest BCUT2D eigenvalue weighted by Gasteiger charge is 2.20. The second-order valence-electron chi connectivity index (χ2n) is 5.83. The van der Waals surface area contributed by atoms with Crippen molar-refractivity contribution in [3.8, 4) is 0 Å². The molecule has 0 radical (unpaired) electrons. The summed E-state index contributed by atoms with van der Waals surface area (Å²) in [5.74, 6) is -2.52. The summed E-state index contributed by atoms with van der Waals surface area (Å²) in [6.45, 7) is 2.33. The first-order valence-electron chi connectivity index (χ1n) is 7.69. The number of carbonyl (C=O) groups excluding carboxylic acids is 1. The summed E-state index contributed by atoms with van der Waals surface area (Å²) in [4.78, 5) is 14.4. The molecule has 1 unspecified atom stereocenters. The third-order valence-corrected chi connectivity index (χ3v) is 3.97. The maximum Gasteiger partial charge on any atom is 0.255 e. The zero-order chi connectivity index (χ0) is 17.1. The van der Waals surface area contributed by atoms with Gasteiger partial charge in [0.05, 0.1) is 12.7 Å². The molecule has 0 bridgehead atoms. The number of hydrogen-bond acceptors (Lipinski definition) is 3. The lowest BCUT2D eigenvalue weighted by Crippen LogP contribution is -2.35. The number of benzene rings is 2. The molecule has 1 aliphatic rings. The lowest BCUT2D eigenvalue weighted by molar-refractivity contribution is -0.0208. The highest BCUT2D eigenvalue weighted by Crippen LogP contribution is 2.24. The SMILES string of the molecule is CN1CCOC(c2cccc(NC(=O)c3ccc(F)c(F)c3)c2)C1. The Morgan fingerprint density at radius 2 is 2.04 bits per heavy atom. The number of rotatable bonds is 3. The van der Waals surface area contributed by atoms with Crippen LogP contribution in [-0.4, -0.2) is 37.6 Å². The maximum absolute atomic E-state index is 13.2. The molecule has 0 spiro atoms. The minimum atomic E-state index is -1.05. The normalized spacial score (nSPS) is 18.4. The summed E-state index contributed by atoms with van der Waals surface area (Å²) in [5.41, 5.74) is 1.61. The van der Waals surface area contributed by atoms with Gasteiger partial charge in [-0.05, 0) is 42.9 Å². The van der Waals surface area contributed by atoms with E-state index in [0.29, 0.717) is 12.3 Å². The molecular weight excluding hydrogens is 314 g/mol. The third-order valence-electron chi connectivity index (χ3n) is 3.97. The predicted octanol–water partition coefficient (Wildman–Crippen LogP) is 3.22. The van der Waals surface area contributed by atoms with Crippen LogP contribution < -0.4 is 5.32 Å². The van der Waals surface area contributed by atoms with Crippen molar-refractivity contribution in [2.24, 2.45) is 0 Å². The van der Waals surface area contributed by atoms with Crippen molar-refractivity contribution in [1.82, 2.24) is 4.90 Å². The lowest BCUT2D eigenvalue weighted by Gasteiger charge is -2.30. The van der Waals surface area contributed by atoms with Gasteiger partial charge in [-0.15, -0.1) is 0 Å². The molecule has 2 aromatic rings. The molecule has 1 fully saturated rings. The fraction of sp³-hybridized carbons (Fsp3) is 0.278. The van der Waals surface area contributed by atoms with Gasteiger partial charge in [0.1, 0.15) is 0 Å². The molecule has 24 heavy (non-hydrogen) atoms. The van der Waals surface area contributed by atoms with Gasteiger partial charge in [-0.25, -0.2) is 8.78 Å². The maximum atomic E-state index is 13.2. The topological polar surface area (TPSA) is 41.6 Å². The van der Waals surface area contributed by atoms with Gasteiger partial charge in [0.15, 0.2) is 11.6 Å². The van der Waals surface area contributed by atoms with Gasteiger partial charge in [-0.2, -0.15) is 0 Å². The monoisotopic (exact) mass is 332 g/mol. The Balaban J connectivity index is 1.74. The van der Waals surface area contributed by atoms with Crippen LogP contribution in [0.25, 0.3) is 0 Å². The van der Waals surface area contributed by atoms with E-state index in [0.717, 1.165) is 30.8 Å². The Hall–Kier alpha value is -2.31. The van der Waals surface area contributed by atoms with Gasteiger partial charge in [-0.1, -0.05) is 12.1 Å². The van der Waals surface area contributed by atoms with Crippen molar-refractivity contribution in [2.45, 2.75) is 6.10 Å². The van der Waals surface area contributed by atoms with E-state index in [1.807, 2.05) is 25.2 Å². The molecule has 3 rings (SSSR count). The molecule has 1 aliphatic heterocycles. The summed E-state index contributed by atoms with van der Waals surface area (Å²) >= 11 is 0. The highest BCUT2D eigenvalue weighted by atomic mass is 19.2. The van der Waals surface area contributed by atoms with Crippen molar-refractivity contribution in [1.29, 1.82) is 0 Å². The average Bonchev–Trinajstić information content (AvgIpc) is 2.57. The van der Waals surface area contributed by atoms with Gasteiger partial charge < -0.3 is 15.0 Å². The fourth-order valence-corrected chi connectivity index (χ4v) is 2.64. The van der Waals surface area contributed by atoms with Gasteiger partial charge in [-0.3, -0.25) is 4.79 Å². The summed E-state index contributed by atoms with van der Waals surface area (Å²) < 4.78 is 32.0. The minimum Gasteiger partial charge on any atom is -0.371 e. The molecule has 1 heterocycles. The number of anilines is 1. The van der Waals surface area contributed by atoms with Crippen LogP contribution in [0.1, 0.15) is 22.0 Å². The van der Waals surface area contributed by atoms with E-state index in [-0.39, 0.29) is 11.7 Å². The first-order chi connectivity index (χ1) is 11.5. The Bertz CT molecular complexity index is 752. The molecular formula is C18H18F2N2O2. The van der Waals surface area contributed by atoms with Gasteiger partial charge >= 0.3 is 0 Å². The number of likely N-dealkylation sites (N-methyl/N-ethyl adjacent to an activating group) is 1. The van der Waals surface area contributed by atoms with Crippen molar-refractivity contribution in [2.75, 3.05) is 32.1 Å². The molecule has 0 aliphatic carbocycles. The number of amides is 1. The van der Waals surface area contributed by atoms with Crippen LogP contribution in [-0.2, 0) is 4.74 Å². The quantitative estimate of drug-likeness (QED) is 0.938. The summed E-state index contributed by atoms with van der Waals surface area (Å²) in [7, 11) is 2.03. The van der Waals surface area contributed by atoms with Crippen LogP contribution in [0, 0.1) is 11.6 Å². The number of morpholine rings is 1. The van der Waals surface area contributed by atoms with Crippen LogP contribution >= 0.6 is 0 Å². The van der Waals surface area contributed by atoms with Crippen LogP contribution in [0.3, 0.4) is 0 Å². The number of halogens is 2. The smallest absolute Gasteiger partial charge is 0.255 e. The minimum absolute atomic E-state index is 0.0520. The number of nitrogens with zero attached hydrogens (tertiary/aromatic N) is 1. The van der Waals surface area contributed by atoms with E-state index in [9.17, 15) is 13.6 Å². The number of hydrogen-bond donors (Lipinski definition) is 1. The Labute approximate surface area is 139 Å². The molecule has 1 saturated heterocycles. The molecule has 0 aromatic heterocycles. The summed E-state index contributed by atoms with van der Waals surface area (Å²) in [5, 5.41) is 2.70. The lowest BCUT2D eigenvalue weighted by atomic mass is 10.1. The number of nitrogens with one attached hydrogen (secondary N) is 1. The van der Waals surface area contributed by atoms with E-state index in [1.54, 1.807) is 6.07 Å². The van der Waals surface area contributed by atoms with Crippen LogP contribution in [0.4, 0.5) is 14.5 Å². The van der Waals surface area contributed by atoms with Crippen molar-refractivity contribution in [3.63, 3.8) is 0 Å². The third kappa shape index (κ3) is 3.77. The first kappa shape index (κ1) is 16.5. The summed E-state index contributed by atoms with van der Waals surface area (Å²) in [6.07, 6.45) is -0.0520. The molecule has 1 atom stereocenters. The van der Waals surface area contributed by atoms with Crippen LogP contribution in [0.5, 0.6) is 0 Å². The zero-order valence-corrected chi connectivity index (χ0v) is 13.3. The molecule has 1 amide bonds. The van der Waals surface area contributed by atoms with Crippen LogP contribution in [0.2, 0.25) is 0 Å². The molecule has 4 nitrogen and oxygen atoms in total. The average molecular weight is 332 g/mol. The van der Waals surface area contributed by atoms with Crippen molar-refractivity contribution >= 4 is 11.6 Å². The largest absolute Gasteiger partial charge is 0.371 e. The summed E-state index contributed by atoms with van der Waals surface area (Å²) in [6, 6.07) is 10.4. The Kier molecular flexibility index (Phi) is 4.87. The first-order valence-corrected chi connectivity index (χ1v) is 7.69. The standard InChI is InChI=1S/C18H18F2N2O2/c1-22-7-8-24-17(11-22)12-3-2-4-14(9-12)21-18(23)13-5-6-15(19)16(20)10-13/h2-6,9-10,17H,7-8,11H2,1H3,(H,21,23). The number of ether oxygens (including phenoxy) is 1. The molecule has 6 heteroatoms. The molecule has 2 aromatic carbocycles. The van der Waals surface area contributed by atoms with Gasteiger partial charge in [0.25, 0.3) is 5.91 Å². The van der Waals surface area contributed by atoms with E-state index in [2.05, 4.69) is 10.2 Å². The second-order valence-corrected chi connectivity index (χ2v) is 5.83. The molecule has 1 N–H and O–H groups in total. The molecule has 126 valence electrons. The van der Waals surface area contributed by atoms with Crippen molar-refractivity contribution in [3.05, 3.63) is 65.2 Å². The molecule has 0 saturated carbocycles. The van der Waals surface area contributed by atoms with Gasteiger partial charge in [0.2, 0.25) is 0 Å². The number of carbonyl (C=O) groups is 1. The van der Waals surface area contributed by atoms with Gasteiger partial charge in [0, 0.05) is 24.3 Å². The van der Waals surface area contributed by atoms with E-state index in [1.165, 1.54) is 6.07 Å². The Morgan fingerprint density at radius 3 is 2.79 bits per heavy atom. The predicted molar refractivity (Wildman–Crippen MR) is 86.9 cm³/mol. The zero-order valence-electron chi connectivity index (χ0n) is 13.3. The Morgan fingerprint density at radius 1 is 1.21 bits per heavy atom. The van der Waals surface area contributed by atoms with E-state index >= 15 is 0 Å². The second kappa shape index (κ2) is 7.07. The van der Waals surface area contributed by atoms with E-state index in [4.69, 9.17) is 4.74 Å². The fourth-order valence-electron chi connectivity index (χ4n) is 2.64. The van der Waals surface area contributed by atoms with Crippen molar-refractivity contribution < 1.29 is 18.3 Å². The van der Waals surface area contributed by atoms with E-state index < -0.39 is 17.5 Å².